The number of hydrogen-bond donors (Lipinski definition) is 1. The molecule has 1 atom stereocenters. The van der Waals surface area contributed by atoms with Gasteiger partial charge in [-0.05, 0) is 43.3 Å². The van der Waals surface area contributed by atoms with Crippen LogP contribution in [0.4, 0.5) is 11.9 Å². The van der Waals surface area contributed by atoms with Gasteiger partial charge in [0, 0.05) is 28.8 Å². The Labute approximate surface area is 172 Å². The highest BCUT2D eigenvalue weighted by atomic mass is 32.1. The van der Waals surface area contributed by atoms with Crippen LogP contribution in [0.3, 0.4) is 0 Å². The fraction of sp³-hybridized carbons (Fsp3) is 0.227. The first kappa shape index (κ1) is 17.9. The molecule has 7 heteroatoms. The van der Waals surface area contributed by atoms with Crippen molar-refractivity contribution in [2.45, 2.75) is 32.6 Å². The van der Waals surface area contributed by atoms with Crippen LogP contribution in [0.25, 0.3) is 10.9 Å². The van der Waals surface area contributed by atoms with Gasteiger partial charge in [-0.25, -0.2) is 19.9 Å². The lowest BCUT2D eigenvalue weighted by Gasteiger charge is -2.22. The number of rotatable bonds is 3. The summed E-state index contributed by atoms with van der Waals surface area (Å²) in [5.74, 6) is 1.15. The Bertz CT molecular complexity index is 1240. The molecule has 0 fully saturated rings. The molecule has 0 saturated carbocycles. The predicted molar refractivity (Wildman–Crippen MR) is 114 cm³/mol. The van der Waals surface area contributed by atoms with Gasteiger partial charge in [0.2, 0.25) is 11.9 Å². The van der Waals surface area contributed by atoms with E-state index in [1.54, 1.807) is 17.5 Å². The number of ketones is 1. The van der Waals surface area contributed by atoms with Crippen LogP contribution in [0.1, 0.15) is 44.5 Å². The molecule has 0 radical (unpaired) electrons. The van der Waals surface area contributed by atoms with Crippen molar-refractivity contribution in [3.8, 4) is 0 Å². The van der Waals surface area contributed by atoms with Gasteiger partial charge in [-0.3, -0.25) is 10.1 Å². The molecule has 29 heavy (non-hydrogen) atoms. The summed E-state index contributed by atoms with van der Waals surface area (Å²) >= 11 is 1.69. The molecule has 0 aliphatic heterocycles. The highest BCUT2D eigenvalue weighted by Crippen LogP contribution is 2.34. The van der Waals surface area contributed by atoms with E-state index in [0.717, 1.165) is 34.3 Å². The van der Waals surface area contributed by atoms with Gasteiger partial charge in [0.15, 0.2) is 5.78 Å². The first-order valence-corrected chi connectivity index (χ1v) is 10.4. The highest BCUT2D eigenvalue weighted by molar-refractivity contribution is 7.10. The average molecular weight is 401 g/mol. The largest absolute Gasteiger partial charge is 0.294 e. The van der Waals surface area contributed by atoms with Crippen molar-refractivity contribution < 1.29 is 4.79 Å². The smallest absolute Gasteiger partial charge is 0.230 e. The summed E-state index contributed by atoms with van der Waals surface area (Å²) in [6.07, 6.45) is 2.86. The number of nitrogens with one attached hydrogen (secondary N) is 1. The van der Waals surface area contributed by atoms with Gasteiger partial charge >= 0.3 is 0 Å². The van der Waals surface area contributed by atoms with E-state index in [1.807, 2.05) is 37.4 Å². The van der Waals surface area contributed by atoms with Crippen LogP contribution in [0.5, 0.6) is 0 Å². The van der Waals surface area contributed by atoms with Crippen LogP contribution >= 0.6 is 11.3 Å². The summed E-state index contributed by atoms with van der Waals surface area (Å²) in [6, 6.07) is 10.2. The molecular weight excluding hydrogens is 382 g/mol. The van der Waals surface area contributed by atoms with Crippen LogP contribution in [-0.4, -0.2) is 25.7 Å². The maximum atomic E-state index is 12.6. The van der Waals surface area contributed by atoms with Gasteiger partial charge in [0.05, 0.1) is 22.5 Å². The molecule has 1 aliphatic rings. The summed E-state index contributed by atoms with van der Waals surface area (Å²) in [5, 5.41) is 6.19. The molecule has 5 rings (SSSR count). The van der Waals surface area contributed by atoms with Crippen LogP contribution < -0.4 is 5.32 Å². The van der Waals surface area contributed by atoms with E-state index in [0.29, 0.717) is 23.9 Å². The molecular formula is C22H19N5OS. The van der Waals surface area contributed by atoms with E-state index in [1.165, 1.54) is 4.88 Å². The third-order valence-corrected chi connectivity index (χ3v) is 6.29. The first-order valence-electron chi connectivity index (χ1n) is 9.51. The molecule has 4 aromatic rings. The van der Waals surface area contributed by atoms with E-state index in [4.69, 9.17) is 0 Å². The summed E-state index contributed by atoms with van der Waals surface area (Å²) < 4.78 is 0. The van der Waals surface area contributed by atoms with Crippen molar-refractivity contribution in [2.75, 3.05) is 5.32 Å². The standard InChI is InChI=1S/C22H19N5OS/c1-12-5-6-15-13(2)24-22(26-17(15)8-12)27-21-23-11-16-18(25-21)9-14(10-19(16)28)20-4-3-7-29-20/h3-8,11,14H,9-10H2,1-2H3,(H,23,24,25,26,27)/t14-/m0/s1. The number of carbonyl (C=O) groups excluding carboxylic acids is 1. The van der Waals surface area contributed by atoms with E-state index < -0.39 is 0 Å². The fourth-order valence-electron chi connectivity index (χ4n) is 3.78. The van der Waals surface area contributed by atoms with Crippen LogP contribution in [0.15, 0.2) is 41.9 Å². The SMILES string of the molecule is Cc1ccc2c(C)nc(Nc3ncc4c(n3)C[C@H](c3cccs3)CC4=O)nc2c1. The van der Waals surface area contributed by atoms with Crippen molar-refractivity contribution in [2.24, 2.45) is 0 Å². The lowest BCUT2D eigenvalue weighted by Crippen LogP contribution is -2.20. The Morgan fingerprint density at radius 3 is 2.79 bits per heavy atom. The number of nitrogens with zero attached hydrogens (tertiary/aromatic N) is 4. The maximum absolute atomic E-state index is 12.6. The van der Waals surface area contributed by atoms with E-state index in [9.17, 15) is 4.79 Å². The number of thiophene rings is 1. The van der Waals surface area contributed by atoms with Gasteiger partial charge < -0.3 is 0 Å². The molecule has 6 nitrogen and oxygen atoms in total. The quantitative estimate of drug-likeness (QED) is 0.533. The van der Waals surface area contributed by atoms with Crippen molar-refractivity contribution >= 4 is 39.9 Å². The highest BCUT2D eigenvalue weighted by Gasteiger charge is 2.28. The monoisotopic (exact) mass is 401 g/mol. The van der Waals surface area contributed by atoms with Gasteiger partial charge in [0.1, 0.15) is 0 Å². The van der Waals surface area contributed by atoms with Gasteiger partial charge in [0.25, 0.3) is 0 Å². The minimum absolute atomic E-state index is 0.101. The number of carbonyl (C=O) groups is 1. The molecule has 1 aliphatic carbocycles. The normalized spacial score (nSPS) is 16.1. The zero-order valence-electron chi connectivity index (χ0n) is 16.1. The number of hydrogen-bond acceptors (Lipinski definition) is 7. The van der Waals surface area contributed by atoms with E-state index in [-0.39, 0.29) is 11.7 Å². The molecule has 1 N–H and O–H groups in total. The Balaban J connectivity index is 1.47. The number of aryl methyl sites for hydroxylation is 2. The summed E-state index contributed by atoms with van der Waals surface area (Å²) in [6.45, 7) is 4.00. The third-order valence-electron chi connectivity index (χ3n) is 5.25. The molecule has 0 unspecified atom stereocenters. The van der Waals surface area contributed by atoms with Crippen molar-refractivity contribution in [3.63, 3.8) is 0 Å². The summed E-state index contributed by atoms with van der Waals surface area (Å²) in [7, 11) is 0. The Morgan fingerprint density at radius 2 is 1.97 bits per heavy atom. The minimum Gasteiger partial charge on any atom is -0.294 e. The second kappa shape index (κ2) is 7.00. The zero-order chi connectivity index (χ0) is 20.0. The van der Waals surface area contributed by atoms with Crippen molar-refractivity contribution in [3.05, 3.63) is 69.3 Å². The molecule has 3 heterocycles. The van der Waals surface area contributed by atoms with Gasteiger partial charge in [-0.1, -0.05) is 18.2 Å². The Morgan fingerprint density at radius 1 is 1.07 bits per heavy atom. The van der Waals surface area contributed by atoms with E-state index in [2.05, 4.69) is 37.4 Å². The molecule has 0 bridgehead atoms. The maximum Gasteiger partial charge on any atom is 0.230 e. The molecule has 0 amide bonds. The predicted octanol–water partition coefficient (Wildman–Crippen LogP) is 4.75. The van der Waals surface area contributed by atoms with Crippen LogP contribution in [0.2, 0.25) is 0 Å². The number of fused-ring (bicyclic) bond motifs is 2. The lowest BCUT2D eigenvalue weighted by atomic mass is 9.86. The Kier molecular flexibility index (Phi) is 4.32. The first-order chi connectivity index (χ1) is 14.1. The van der Waals surface area contributed by atoms with Crippen LogP contribution in [-0.2, 0) is 6.42 Å². The summed E-state index contributed by atoms with van der Waals surface area (Å²) in [4.78, 5) is 31.9. The van der Waals surface area contributed by atoms with E-state index >= 15 is 0 Å². The number of aromatic nitrogens is 4. The molecule has 0 spiro atoms. The average Bonchev–Trinajstić information content (AvgIpc) is 3.22. The minimum atomic E-state index is 0.101. The van der Waals surface area contributed by atoms with Crippen molar-refractivity contribution in [1.82, 2.24) is 19.9 Å². The Hall–Kier alpha value is -3.19. The van der Waals surface area contributed by atoms with Gasteiger partial charge in [-0.15, -0.1) is 11.3 Å². The van der Waals surface area contributed by atoms with Crippen molar-refractivity contribution in [1.29, 1.82) is 0 Å². The lowest BCUT2D eigenvalue weighted by molar-refractivity contribution is 0.0963. The second-order valence-corrected chi connectivity index (χ2v) is 8.36. The van der Waals surface area contributed by atoms with Crippen LogP contribution in [0, 0.1) is 13.8 Å². The fourth-order valence-corrected chi connectivity index (χ4v) is 4.61. The number of Topliss-reactive ketones (excluding diaryl/α,β-unsaturated/α-hetero) is 1. The summed E-state index contributed by atoms with van der Waals surface area (Å²) in [5.41, 5.74) is 4.32. The molecule has 3 aromatic heterocycles. The molecule has 144 valence electrons. The third kappa shape index (κ3) is 3.38. The second-order valence-electron chi connectivity index (χ2n) is 7.38. The molecule has 0 saturated heterocycles. The number of benzene rings is 1. The number of anilines is 2. The zero-order valence-corrected chi connectivity index (χ0v) is 17.0. The van der Waals surface area contributed by atoms with Gasteiger partial charge in [-0.2, -0.15) is 0 Å². The molecule has 1 aromatic carbocycles. The topological polar surface area (TPSA) is 80.7 Å².